The molecule has 0 saturated carbocycles. The van der Waals surface area contributed by atoms with Crippen LogP contribution in [0.25, 0.3) is 0 Å². The molecule has 1 fully saturated rings. The van der Waals surface area contributed by atoms with Gasteiger partial charge in [-0.15, -0.1) is 0 Å². The number of hydrogen-bond acceptors (Lipinski definition) is 3. The van der Waals surface area contributed by atoms with Crippen LogP contribution in [0, 0.1) is 0 Å². The van der Waals surface area contributed by atoms with Crippen molar-refractivity contribution in [1.29, 1.82) is 0 Å². The van der Waals surface area contributed by atoms with Gasteiger partial charge in [0.15, 0.2) is 0 Å². The molecule has 1 aliphatic heterocycles. The van der Waals surface area contributed by atoms with E-state index in [1.807, 2.05) is 5.32 Å². The van der Waals surface area contributed by atoms with Crippen LogP contribution in [-0.4, -0.2) is 59.4 Å². The largest absolute Gasteiger partial charge is 0.330 e. The second-order valence-electron chi connectivity index (χ2n) is 1.98. The van der Waals surface area contributed by atoms with Crippen molar-refractivity contribution in [3.05, 3.63) is 0 Å². The monoisotopic (exact) mass is 165 g/mol. The van der Waals surface area contributed by atoms with Crippen LogP contribution >= 0.6 is 0 Å². The molecule has 1 radical (unpaired) electrons. The van der Waals surface area contributed by atoms with E-state index in [0.717, 1.165) is 4.90 Å². The average molecular weight is 165 g/mol. The molecular weight excluding hydrogens is 159 g/mol. The number of barbiturate groups is 1. The molecule has 1 rings (SSSR count). The van der Waals surface area contributed by atoms with Crippen molar-refractivity contribution in [1.82, 2.24) is 10.2 Å². The van der Waals surface area contributed by atoms with Crippen molar-refractivity contribution in [3.63, 3.8) is 0 Å². The Labute approximate surface area is 85.4 Å². The van der Waals surface area contributed by atoms with E-state index in [-0.39, 0.29) is 36.0 Å². The third-order valence-electron chi connectivity index (χ3n) is 1.24. The molecule has 5 nitrogen and oxygen atoms in total. The first-order valence-electron chi connectivity index (χ1n) is 2.71. The predicted octanol–water partition coefficient (Wildman–Crippen LogP) is -1.30. The van der Waals surface area contributed by atoms with Crippen molar-refractivity contribution in [3.8, 4) is 0 Å². The molecule has 0 bridgehead atoms. The first-order valence-corrected chi connectivity index (χ1v) is 2.71. The normalized spacial score (nSPS) is 17.5. The fourth-order valence-electron chi connectivity index (χ4n) is 0.617. The second kappa shape index (κ2) is 3.85. The molecule has 55 valence electrons. The fourth-order valence-corrected chi connectivity index (χ4v) is 0.617. The maximum atomic E-state index is 10.7. The molecule has 11 heavy (non-hydrogen) atoms. The Morgan fingerprint density at radius 2 is 1.91 bits per heavy atom. The SMILES string of the molecule is CN1C(=O)CC(=O)NC1=O.[Na]. The number of nitrogens with one attached hydrogen (secondary N) is 1. The van der Waals surface area contributed by atoms with Gasteiger partial charge >= 0.3 is 6.03 Å². The standard InChI is InChI=1S/C5H6N2O3.Na/c1-7-4(9)2-3(8)6-5(7)10;/h2H2,1H3,(H,6,8,10);. The summed E-state index contributed by atoms with van der Waals surface area (Å²) in [6, 6.07) is -0.652. The smallest absolute Gasteiger partial charge is 0.277 e. The Kier molecular flexibility index (Phi) is 3.71. The van der Waals surface area contributed by atoms with Gasteiger partial charge in [-0.05, 0) is 0 Å². The fraction of sp³-hybridized carbons (Fsp3) is 0.400. The van der Waals surface area contributed by atoms with E-state index in [4.69, 9.17) is 0 Å². The van der Waals surface area contributed by atoms with Gasteiger partial charge in [0.05, 0.1) is 0 Å². The summed E-state index contributed by atoms with van der Waals surface area (Å²) in [5.74, 6) is -0.998. The van der Waals surface area contributed by atoms with Gasteiger partial charge in [-0.3, -0.25) is 19.8 Å². The maximum absolute atomic E-state index is 10.7. The van der Waals surface area contributed by atoms with Crippen molar-refractivity contribution < 1.29 is 14.4 Å². The van der Waals surface area contributed by atoms with Crippen LogP contribution < -0.4 is 5.32 Å². The number of carbonyl (C=O) groups is 3. The third kappa shape index (κ3) is 2.28. The summed E-state index contributed by atoms with van der Waals surface area (Å²) in [6.07, 6.45) is -0.234. The first kappa shape index (κ1) is 10.6. The van der Waals surface area contributed by atoms with Crippen molar-refractivity contribution >= 4 is 47.4 Å². The molecule has 1 aliphatic rings. The zero-order valence-electron chi connectivity index (χ0n) is 6.38. The maximum Gasteiger partial charge on any atom is 0.330 e. The van der Waals surface area contributed by atoms with Crippen LogP contribution in [0.3, 0.4) is 0 Å². The molecule has 1 heterocycles. The van der Waals surface area contributed by atoms with Gasteiger partial charge in [0.1, 0.15) is 6.42 Å². The summed E-state index contributed by atoms with van der Waals surface area (Å²) in [6.45, 7) is 0. The number of nitrogens with zero attached hydrogens (tertiary/aromatic N) is 1. The molecule has 0 aromatic heterocycles. The van der Waals surface area contributed by atoms with Crippen molar-refractivity contribution in [2.24, 2.45) is 0 Å². The van der Waals surface area contributed by atoms with E-state index in [2.05, 4.69) is 0 Å². The topological polar surface area (TPSA) is 66.5 Å². The Morgan fingerprint density at radius 3 is 2.36 bits per heavy atom. The van der Waals surface area contributed by atoms with Gasteiger partial charge in [0.2, 0.25) is 11.8 Å². The minimum absolute atomic E-state index is 0. The van der Waals surface area contributed by atoms with Gasteiger partial charge in [-0.25, -0.2) is 4.79 Å². The van der Waals surface area contributed by atoms with E-state index in [1.54, 1.807) is 0 Å². The van der Waals surface area contributed by atoms with E-state index < -0.39 is 17.8 Å². The van der Waals surface area contributed by atoms with Gasteiger partial charge in [0, 0.05) is 36.6 Å². The number of urea groups is 1. The number of carbonyl (C=O) groups excluding carboxylic acids is 3. The van der Waals surface area contributed by atoms with E-state index in [1.165, 1.54) is 7.05 Å². The van der Waals surface area contributed by atoms with E-state index in [0.29, 0.717) is 0 Å². The Morgan fingerprint density at radius 1 is 1.36 bits per heavy atom. The average Bonchev–Trinajstić information content (AvgIpc) is 1.82. The molecule has 6 heteroatoms. The number of hydrogen-bond donors (Lipinski definition) is 1. The molecule has 1 saturated heterocycles. The van der Waals surface area contributed by atoms with Crippen molar-refractivity contribution in [2.45, 2.75) is 6.42 Å². The van der Waals surface area contributed by atoms with Gasteiger partial charge < -0.3 is 0 Å². The second-order valence-corrected chi connectivity index (χ2v) is 1.98. The first-order chi connectivity index (χ1) is 4.61. The Hall–Kier alpha value is -0.390. The van der Waals surface area contributed by atoms with Crippen LogP contribution in [0.2, 0.25) is 0 Å². The number of rotatable bonds is 0. The molecule has 0 unspecified atom stereocenters. The summed E-state index contributed by atoms with van der Waals surface area (Å²) >= 11 is 0. The summed E-state index contributed by atoms with van der Waals surface area (Å²) in [5.41, 5.74) is 0. The van der Waals surface area contributed by atoms with E-state index >= 15 is 0 Å². The summed E-state index contributed by atoms with van der Waals surface area (Å²) in [4.78, 5) is 32.6. The molecule has 0 atom stereocenters. The summed E-state index contributed by atoms with van der Waals surface area (Å²) in [5, 5.41) is 1.99. The zero-order valence-corrected chi connectivity index (χ0v) is 8.38. The van der Waals surface area contributed by atoms with Gasteiger partial charge in [0.25, 0.3) is 0 Å². The van der Waals surface area contributed by atoms with Crippen LogP contribution in [0.1, 0.15) is 6.42 Å². The molecule has 0 aliphatic carbocycles. The molecule has 1 N–H and O–H groups in total. The number of imide groups is 2. The van der Waals surface area contributed by atoms with Crippen LogP contribution in [0.4, 0.5) is 4.79 Å². The molecule has 4 amide bonds. The molecule has 0 aromatic rings. The third-order valence-corrected chi connectivity index (χ3v) is 1.24. The minimum atomic E-state index is -0.652. The Bertz CT molecular complexity index is 196. The quantitative estimate of drug-likeness (QED) is 0.358. The summed E-state index contributed by atoms with van der Waals surface area (Å²) < 4.78 is 0. The van der Waals surface area contributed by atoms with Crippen molar-refractivity contribution in [2.75, 3.05) is 7.05 Å². The van der Waals surface area contributed by atoms with E-state index in [9.17, 15) is 14.4 Å². The molecular formula is C5H6N2NaO3. The number of amides is 4. The zero-order chi connectivity index (χ0) is 7.72. The van der Waals surface area contributed by atoms with Gasteiger partial charge in [-0.1, -0.05) is 0 Å². The molecule has 0 spiro atoms. The predicted molar refractivity (Wildman–Crippen MR) is 36.7 cm³/mol. The van der Waals surface area contributed by atoms with Crippen LogP contribution in [-0.2, 0) is 9.59 Å². The minimum Gasteiger partial charge on any atom is -0.277 e. The molecule has 0 aromatic carbocycles. The summed E-state index contributed by atoms with van der Waals surface area (Å²) in [7, 11) is 1.32. The van der Waals surface area contributed by atoms with Crippen LogP contribution in [0.5, 0.6) is 0 Å². The van der Waals surface area contributed by atoms with Crippen LogP contribution in [0.15, 0.2) is 0 Å². The van der Waals surface area contributed by atoms with Gasteiger partial charge in [-0.2, -0.15) is 0 Å². The Balaban J connectivity index is 0.000001000.